The summed E-state index contributed by atoms with van der Waals surface area (Å²) in [5.41, 5.74) is 8.36. The Morgan fingerprint density at radius 3 is 2.94 bits per heavy atom. The first kappa shape index (κ1) is 10.8. The zero-order valence-corrected chi connectivity index (χ0v) is 9.46. The van der Waals surface area contributed by atoms with Crippen molar-refractivity contribution < 1.29 is 0 Å². The molecule has 0 aliphatic carbocycles. The molecule has 0 saturated heterocycles. The van der Waals surface area contributed by atoms with E-state index in [0.29, 0.717) is 6.42 Å². The van der Waals surface area contributed by atoms with E-state index in [2.05, 4.69) is 15.1 Å². The Bertz CT molecular complexity index is 477. The molecule has 0 amide bonds. The Labute approximate surface area is 94.3 Å². The van der Waals surface area contributed by atoms with Crippen LogP contribution in [0.15, 0.2) is 24.8 Å². The summed E-state index contributed by atoms with van der Waals surface area (Å²) >= 11 is 0. The van der Waals surface area contributed by atoms with Crippen molar-refractivity contribution in [1.29, 1.82) is 0 Å². The second-order valence-electron chi connectivity index (χ2n) is 3.84. The van der Waals surface area contributed by atoms with Crippen molar-refractivity contribution >= 4 is 0 Å². The lowest BCUT2D eigenvalue weighted by Gasteiger charge is -2.13. The van der Waals surface area contributed by atoms with Gasteiger partial charge in [0.2, 0.25) is 0 Å². The van der Waals surface area contributed by atoms with E-state index in [1.807, 2.05) is 26.2 Å². The quantitative estimate of drug-likeness (QED) is 0.824. The third kappa shape index (κ3) is 2.09. The van der Waals surface area contributed by atoms with Crippen molar-refractivity contribution in [1.82, 2.24) is 19.7 Å². The highest BCUT2D eigenvalue weighted by atomic mass is 15.3. The molecule has 1 atom stereocenters. The molecule has 2 N–H and O–H groups in total. The summed E-state index contributed by atoms with van der Waals surface area (Å²) in [5.74, 6) is 0.892. The van der Waals surface area contributed by atoms with Crippen LogP contribution in [-0.4, -0.2) is 19.7 Å². The van der Waals surface area contributed by atoms with E-state index in [9.17, 15) is 0 Å². The van der Waals surface area contributed by atoms with E-state index in [0.717, 1.165) is 17.0 Å². The first-order chi connectivity index (χ1) is 7.68. The lowest BCUT2D eigenvalue weighted by atomic mass is 10.0. The molecular formula is C11H15N5. The second-order valence-corrected chi connectivity index (χ2v) is 3.84. The van der Waals surface area contributed by atoms with Crippen LogP contribution in [0.5, 0.6) is 0 Å². The summed E-state index contributed by atoms with van der Waals surface area (Å²) in [6, 6.07) is 1.89. The predicted octanol–water partition coefficient (Wildman–Crippen LogP) is 0.761. The monoisotopic (exact) mass is 217 g/mol. The average molecular weight is 217 g/mol. The molecule has 0 spiro atoms. The maximum absolute atomic E-state index is 6.15. The second kappa shape index (κ2) is 4.40. The minimum atomic E-state index is -0.0640. The summed E-state index contributed by atoms with van der Waals surface area (Å²) in [4.78, 5) is 8.22. The number of nitrogens with two attached hydrogens (primary N) is 1. The number of nitrogens with zero attached hydrogens (tertiary/aromatic N) is 4. The number of hydrogen-bond donors (Lipinski definition) is 1. The zero-order chi connectivity index (χ0) is 11.5. The molecule has 2 aromatic rings. The van der Waals surface area contributed by atoms with E-state index in [1.165, 1.54) is 0 Å². The van der Waals surface area contributed by atoms with E-state index in [4.69, 9.17) is 5.73 Å². The van der Waals surface area contributed by atoms with Gasteiger partial charge >= 0.3 is 0 Å². The molecule has 1 unspecified atom stereocenters. The van der Waals surface area contributed by atoms with Crippen LogP contribution in [0.25, 0.3) is 0 Å². The van der Waals surface area contributed by atoms with Crippen LogP contribution in [0.4, 0.5) is 0 Å². The first-order valence-corrected chi connectivity index (χ1v) is 5.17. The van der Waals surface area contributed by atoms with Gasteiger partial charge in [0.05, 0.1) is 0 Å². The smallest absolute Gasteiger partial charge is 0.138 e. The van der Waals surface area contributed by atoms with Crippen molar-refractivity contribution in [2.75, 3.05) is 0 Å². The van der Waals surface area contributed by atoms with Crippen LogP contribution in [-0.2, 0) is 13.5 Å². The molecule has 0 aliphatic rings. The van der Waals surface area contributed by atoms with Crippen LogP contribution in [0, 0.1) is 6.92 Å². The standard InChI is InChI=1S/C11H15N5/c1-8-6-13-4-3-9(8)10(12)5-11-14-7-15-16(11)2/h3-4,6-7,10H,5,12H2,1-2H3. The Morgan fingerprint density at radius 2 is 2.31 bits per heavy atom. The summed E-state index contributed by atoms with van der Waals surface area (Å²) < 4.78 is 1.75. The first-order valence-electron chi connectivity index (χ1n) is 5.17. The van der Waals surface area contributed by atoms with Crippen LogP contribution in [0.2, 0.25) is 0 Å². The number of rotatable bonds is 3. The average Bonchev–Trinajstić information content (AvgIpc) is 2.65. The molecule has 0 aliphatic heterocycles. The molecule has 2 heterocycles. The van der Waals surface area contributed by atoms with Gasteiger partial charge < -0.3 is 5.73 Å². The molecule has 0 fully saturated rings. The summed E-state index contributed by atoms with van der Waals surface area (Å²) in [6.45, 7) is 2.01. The van der Waals surface area contributed by atoms with Crippen LogP contribution < -0.4 is 5.73 Å². The maximum Gasteiger partial charge on any atom is 0.138 e. The fourth-order valence-corrected chi connectivity index (χ4v) is 1.71. The summed E-state index contributed by atoms with van der Waals surface area (Å²) in [5, 5.41) is 4.02. The topological polar surface area (TPSA) is 69.6 Å². The zero-order valence-electron chi connectivity index (χ0n) is 9.46. The number of hydrogen-bond acceptors (Lipinski definition) is 4. The number of aryl methyl sites for hydroxylation is 2. The van der Waals surface area contributed by atoms with Gasteiger partial charge in [-0.3, -0.25) is 9.67 Å². The Morgan fingerprint density at radius 1 is 1.50 bits per heavy atom. The Balaban J connectivity index is 2.18. The molecule has 0 radical (unpaired) electrons. The van der Waals surface area contributed by atoms with Gasteiger partial charge in [-0.05, 0) is 24.1 Å². The fourth-order valence-electron chi connectivity index (χ4n) is 1.71. The van der Waals surface area contributed by atoms with Crippen molar-refractivity contribution in [3.05, 3.63) is 41.7 Å². The molecule has 0 aromatic carbocycles. The van der Waals surface area contributed by atoms with E-state index in [1.54, 1.807) is 17.2 Å². The Kier molecular flexibility index (Phi) is 2.96. The number of pyridine rings is 1. The van der Waals surface area contributed by atoms with Crippen molar-refractivity contribution in [2.45, 2.75) is 19.4 Å². The fraction of sp³-hybridized carbons (Fsp3) is 0.364. The molecule has 0 bridgehead atoms. The van der Waals surface area contributed by atoms with Gasteiger partial charge in [-0.15, -0.1) is 0 Å². The van der Waals surface area contributed by atoms with E-state index >= 15 is 0 Å². The molecule has 5 heteroatoms. The minimum Gasteiger partial charge on any atom is -0.324 e. The maximum atomic E-state index is 6.15. The van der Waals surface area contributed by atoms with Gasteiger partial charge in [0.1, 0.15) is 12.2 Å². The molecule has 84 valence electrons. The SMILES string of the molecule is Cc1cnccc1C(N)Cc1ncnn1C. The molecule has 2 aromatic heterocycles. The van der Waals surface area contributed by atoms with Gasteiger partial charge in [-0.1, -0.05) is 0 Å². The van der Waals surface area contributed by atoms with E-state index < -0.39 is 0 Å². The third-order valence-corrected chi connectivity index (χ3v) is 2.67. The highest BCUT2D eigenvalue weighted by molar-refractivity contribution is 5.25. The lowest BCUT2D eigenvalue weighted by molar-refractivity contribution is 0.627. The van der Waals surface area contributed by atoms with Gasteiger partial charge in [-0.25, -0.2) is 4.98 Å². The molecule has 5 nitrogen and oxygen atoms in total. The van der Waals surface area contributed by atoms with Gasteiger partial charge in [0.25, 0.3) is 0 Å². The van der Waals surface area contributed by atoms with Gasteiger partial charge in [0.15, 0.2) is 0 Å². The van der Waals surface area contributed by atoms with Crippen LogP contribution >= 0.6 is 0 Å². The lowest BCUT2D eigenvalue weighted by Crippen LogP contribution is -2.17. The van der Waals surface area contributed by atoms with Crippen molar-refractivity contribution in [3.8, 4) is 0 Å². The third-order valence-electron chi connectivity index (χ3n) is 2.67. The van der Waals surface area contributed by atoms with Gasteiger partial charge in [-0.2, -0.15) is 5.10 Å². The van der Waals surface area contributed by atoms with E-state index in [-0.39, 0.29) is 6.04 Å². The largest absolute Gasteiger partial charge is 0.324 e. The van der Waals surface area contributed by atoms with Crippen LogP contribution in [0.3, 0.4) is 0 Å². The summed E-state index contributed by atoms with van der Waals surface area (Å²) in [6.07, 6.45) is 5.81. The van der Waals surface area contributed by atoms with Gasteiger partial charge in [0, 0.05) is 31.9 Å². The number of aromatic nitrogens is 4. The van der Waals surface area contributed by atoms with Crippen LogP contribution in [0.1, 0.15) is 23.0 Å². The van der Waals surface area contributed by atoms with Crippen molar-refractivity contribution in [3.63, 3.8) is 0 Å². The minimum absolute atomic E-state index is 0.0640. The molecule has 0 saturated carbocycles. The highest BCUT2D eigenvalue weighted by Crippen LogP contribution is 2.17. The molecular weight excluding hydrogens is 202 g/mol. The highest BCUT2D eigenvalue weighted by Gasteiger charge is 2.12. The normalized spacial score (nSPS) is 12.7. The predicted molar refractivity (Wildman–Crippen MR) is 60.6 cm³/mol. The Hall–Kier alpha value is -1.75. The molecule has 16 heavy (non-hydrogen) atoms. The van der Waals surface area contributed by atoms with Crippen molar-refractivity contribution in [2.24, 2.45) is 12.8 Å². The summed E-state index contributed by atoms with van der Waals surface area (Å²) in [7, 11) is 1.87. The molecule has 2 rings (SSSR count).